The van der Waals surface area contributed by atoms with Crippen LogP contribution in [0.4, 0.5) is 5.82 Å². The highest BCUT2D eigenvalue weighted by Gasteiger charge is 2.22. The van der Waals surface area contributed by atoms with Gasteiger partial charge >= 0.3 is 0 Å². The minimum Gasteiger partial charge on any atom is -0.454 e. The Morgan fingerprint density at radius 3 is 2.67 bits per heavy atom. The molecule has 1 N–H and O–H groups in total. The number of nitrogens with zero attached hydrogens (tertiary/aromatic N) is 4. The highest BCUT2D eigenvalue weighted by molar-refractivity contribution is 5.92. The fraction of sp³-hybridized carbons (Fsp3) is 0.333. The van der Waals surface area contributed by atoms with Crippen LogP contribution in [-0.4, -0.2) is 65.1 Å². The van der Waals surface area contributed by atoms with Gasteiger partial charge in [-0.3, -0.25) is 9.59 Å². The zero-order valence-electron chi connectivity index (χ0n) is 14.6. The van der Waals surface area contributed by atoms with E-state index in [1.807, 2.05) is 18.2 Å². The van der Waals surface area contributed by atoms with Crippen LogP contribution in [0.2, 0.25) is 0 Å². The van der Waals surface area contributed by atoms with Crippen LogP contribution >= 0.6 is 0 Å². The van der Waals surface area contributed by atoms with E-state index in [0.717, 1.165) is 23.5 Å². The van der Waals surface area contributed by atoms with E-state index in [0.29, 0.717) is 44.2 Å². The first-order valence-corrected chi connectivity index (χ1v) is 8.66. The monoisotopic (exact) mass is 369 g/mol. The predicted molar refractivity (Wildman–Crippen MR) is 95.5 cm³/mol. The SMILES string of the molecule is O=CN1CCN(C(=O)c2cnc(NCc3ccc4c(c3)OCO4)cn2)CC1. The summed E-state index contributed by atoms with van der Waals surface area (Å²) in [6.07, 6.45) is 3.82. The van der Waals surface area contributed by atoms with Crippen molar-refractivity contribution in [1.29, 1.82) is 0 Å². The molecule has 1 saturated heterocycles. The molecule has 2 aliphatic rings. The fourth-order valence-electron chi connectivity index (χ4n) is 2.97. The molecule has 9 heteroatoms. The quantitative estimate of drug-likeness (QED) is 0.776. The molecule has 1 aromatic heterocycles. The van der Waals surface area contributed by atoms with Crippen molar-refractivity contribution in [2.45, 2.75) is 6.54 Å². The van der Waals surface area contributed by atoms with Gasteiger partial charge in [-0.1, -0.05) is 6.07 Å². The van der Waals surface area contributed by atoms with Crippen LogP contribution in [0.25, 0.3) is 0 Å². The first-order chi connectivity index (χ1) is 13.2. The van der Waals surface area contributed by atoms with Gasteiger partial charge in [-0.15, -0.1) is 0 Å². The summed E-state index contributed by atoms with van der Waals surface area (Å²) in [4.78, 5) is 35.0. The van der Waals surface area contributed by atoms with Crippen LogP contribution in [0, 0.1) is 0 Å². The van der Waals surface area contributed by atoms with Crippen molar-refractivity contribution in [1.82, 2.24) is 19.8 Å². The van der Waals surface area contributed by atoms with Crippen molar-refractivity contribution in [2.24, 2.45) is 0 Å². The van der Waals surface area contributed by atoms with Crippen LogP contribution in [0.15, 0.2) is 30.6 Å². The lowest BCUT2D eigenvalue weighted by Gasteiger charge is -2.32. The molecule has 3 heterocycles. The zero-order valence-corrected chi connectivity index (χ0v) is 14.6. The molecule has 2 aliphatic heterocycles. The molecule has 0 radical (unpaired) electrons. The van der Waals surface area contributed by atoms with E-state index < -0.39 is 0 Å². The second-order valence-electron chi connectivity index (χ2n) is 6.26. The standard InChI is InChI=1S/C18H19N5O4/c24-11-22-3-5-23(6-4-22)18(25)14-9-21-17(10-19-14)20-8-13-1-2-15-16(7-13)27-12-26-15/h1-2,7,9-11H,3-6,8,12H2,(H,20,21). The molecule has 27 heavy (non-hydrogen) atoms. The van der Waals surface area contributed by atoms with Crippen LogP contribution in [0.3, 0.4) is 0 Å². The third kappa shape index (κ3) is 3.76. The van der Waals surface area contributed by atoms with Crippen molar-refractivity contribution < 1.29 is 19.1 Å². The zero-order chi connectivity index (χ0) is 18.6. The van der Waals surface area contributed by atoms with Crippen molar-refractivity contribution in [3.8, 4) is 11.5 Å². The summed E-state index contributed by atoms with van der Waals surface area (Å²) in [6, 6.07) is 5.74. The van der Waals surface area contributed by atoms with E-state index in [9.17, 15) is 9.59 Å². The predicted octanol–water partition coefficient (Wildman–Crippen LogP) is 0.732. The topological polar surface area (TPSA) is 96.9 Å². The van der Waals surface area contributed by atoms with Gasteiger partial charge in [0.1, 0.15) is 11.5 Å². The molecule has 0 unspecified atom stereocenters. The smallest absolute Gasteiger partial charge is 0.274 e. The Morgan fingerprint density at radius 2 is 1.93 bits per heavy atom. The lowest BCUT2D eigenvalue weighted by atomic mass is 10.2. The Morgan fingerprint density at radius 1 is 1.11 bits per heavy atom. The number of anilines is 1. The van der Waals surface area contributed by atoms with E-state index in [1.54, 1.807) is 16.0 Å². The van der Waals surface area contributed by atoms with E-state index in [-0.39, 0.29) is 12.7 Å². The summed E-state index contributed by atoms with van der Waals surface area (Å²) in [6.45, 7) is 2.88. The number of rotatable bonds is 5. The maximum Gasteiger partial charge on any atom is 0.274 e. The molecule has 1 fully saturated rings. The lowest BCUT2D eigenvalue weighted by Crippen LogP contribution is -2.48. The second kappa shape index (κ2) is 7.48. The largest absolute Gasteiger partial charge is 0.454 e. The summed E-state index contributed by atoms with van der Waals surface area (Å²) in [5, 5.41) is 3.17. The summed E-state index contributed by atoms with van der Waals surface area (Å²) in [5.41, 5.74) is 1.32. The number of nitrogens with one attached hydrogen (secondary N) is 1. The fourth-order valence-corrected chi connectivity index (χ4v) is 2.97. The van der Waals surface area contributed by atoms with Gasteiger partial charge in [0.15, 0.2) is 11.5 Å². The van der Waals surface area contributed by atoms with Crippen molar-refractivity contribution in [3.63, 3.8) is 0 Å². The normalized spacial score (nSPS) is 15.6. The maximum atomic E-state index is 12.5. The van der Waals surface area contributed by atoms with Crippen molar-refractivity contribution in [3.05, 3.63) is 41.9 Å². The first kappa shape index (κ1) is 17.1. The minimum atomic E-state index is -0.171. The molecule has 0 bridgehead atoms. The number of carbonyl (C=O) groups is 2. The average molecular weight is 369 g/mol. The first-order valence-electron chi connectivity index (χ1n) is 8.66. The number of hydrogen-bond donors (Lipinski definition) is 1. The van der Waals surface area contributed by atoms with Gasteiger partial charge in [0, 0.05) is 32.7 Å². The molecular formula is C18H19N5O4. The van der Waals surface area contributed by atoms with Gasteiger partial charge < -0.3 is 24.6 Å². The molecule has 0 aliphatic carbocycles. The van der Waals surface area contributed by atoms with Crippen LogP contribution in [0.5, 0.6) is 11.5 Å². The van der Waals surface area contributed by atoms with E-state index >= 15 is 0 Å². The molecule has 0 atom stereocenters. The highest BCUT2D eigenvalue weighted by Crippen LogP contribution is 2.32. The summed E-state index contributed by atoms with van der Waals surface area (Å²) in [7, 11) is 0. The highest BCUT2D eigenvalue weighted by atomic mass is 16.7. The number of piperazine rings is 1. The van der Waals surface area contributed by atoms with Crippen LogP contribution in [-0.2, 0) is 11.3 Å². The Bertz CT molecular complexity index is 834. The number of amides is 2. The van der Waals surface area contributed by atoms with E-state index in [1.165, 1.54) is 6.20 Å². The molecule has 9 nitrogen and oxygen atoms in total. The Labute approximate surface area is 155 Å². The Hall–Kier alpha value is -3.36. The second-order valence-corrected chi connectivity index (χ2v) is 6.26. The molecular weight excluding hydrogens is 350 g/mol. The van der Waals surface area contributed by atoms with Gasteiger partial charge in [0.05, 0.1) is 12.4 Å². The number of benzene rings is 1. The Kier molecular flexibility index (Phi) is 4.73. The molecule has 0 spiro atoms. The summed E-state index contributed by atoms with van der Waals surface area (Å²) in [5.74, 6) is 1.89. The van der Waals surface area contributed by atoms with Crippen molar-refractivity contribution >= 4 is 18.1 Å². The van der Waals surface area contributed by atoms with E-state index in [4.69, 9.17) is 9.47 Å². The van der Waals surface area contributed by atoms with Gasteiger partial charge in [-0.2, -0.15) is 0 Å². The molecule has 0 saturated carbocycles. The number of fused-ring (bicyclic) bond motifs is 1. The van der Waals surface area contributed by atoms with E-state index in [2.05, 4.69) is 15.3 Å². The third-order valence-electron chi connectivity index (χ3n) is 4.53. The lowest BCUT2D eigenvalue weighted by molar-refractivity contribution is -0.119. The number of ether oxygens (including phenoxy) is 2. The Balaban J connectivity index is 1.33. The van der Waals surface area contributed by atoms with Gasteiger partial charge in [-0.05, 0) is 17.7 Å². The number of aromatic nitrogens is 2. The molecule has 4 rings (SSSR count). The van der Waals surface area contributed by atoms with Gasteiger partial charge in [-0.25, -0.2) is 9.97 Å². The van der Waals surface area contributed by atoms with Crippen molar-refractivity contribution in [2.75, 3.05) is 38.3 Å². The average Bonchev–Trinajstić information content (AvgIpc) is 3.20. The molecule has 140 valence electrons. The van der Waals surface area contributed by atoms with Gasteiger partial charge in [0.2, 0.25) is 13.2 Å². The minimum absolute atomic E-state index is 0.171. The summed E-state index contributed by atoms with van der Waals surface area (Å²) >= 11 is 0. The van der Waals surface area contributed by atoms with Crippen LogP contribution in [0.1, 0.15) is 16.1 Å². The molecule has 2 aromatic rings. The van der Waals surface area contributed by atoms with Gasteiger partial charge in [0.25, 0.3) is 5.91 Å². The number of hydrogen-bond acceptors (Lipinski definition) is 7. The van der Waals surface area contributed by atoms with Crippen LogP contribution < -0.4 is 14.8 Å². The number of carbonyl (C=O) groups excluding carboxylic acids is 2. The molecule has 1 aromatic carbocycles. The molecule has 2 amide bonds. The maximum absolute atomic E-state index is 12.5. The third-order valence-corrected chi connectivity index (χ3v) is 4.53. The summed E-state index contributed by atoms with van der Waals surface area (Å²) < 4.78 is 10.7.